The lowest BCUT2D eigenvalue weighted by Crippen LogP contribution is -2.40. The highest BCUT2D eigenvalue weighted by atomic mass is 16.3. The fourth-order valence-corrected chi connectivity index (χ4v) is 3.28. The molecule has 1 fully saturated rings. The SMILES string of the molecule is C#Cc1ccc(-c2nnc(NC3CCCN(C)C3)nc2C(C)C)c(O)c1. The molecule has 0 amide bonds. The molecule has 2 N–H and O–H groups in total. The Kier molecular flexibility index (Phi) is 5.38. The van der Waals surface area contributed by atoms with Crippen LogP contribution in [0.15, 0.2) is 18.2 Å². The van der Waals surface area contributed by atoms with Gasteiger partial charge in [0, 0.05) is 23.7 Å². The number of phenols is 1. The lowest BCUT2D eigenvalue weighted by atomic mass is 10.0. The Morgan fingerprint density at radius 3 is 2.81 bits per heavy atom. The number of likely N-dealkylation sites (N-methyl/N-ethyl adjacent to an activating group) is 1. The van der Waals surface area contributed by atoms with Crippen LogP contribution in [0.3, 0.4) is 0 Å². The Morgan fingerprint density at radius 2 is 2.15 bits per heavy atom. The van der Waals surface area contributed by atoms with Gasteiger partial charge in [0.15, 0.2) is 0 Å². The topological polar surface area (TPSA) is 74.2 Å². The highest BCUT2D eigenvalue weighted by molar-refractivity contribution is 5.70. The van der Waals surface area contributed by atoms with Crippen LogP contribution in [-0.2, 0) is 0 Å². The number of benzene rings is 1. The van der Waals surface area contributed by atoms with Crippen LogP contribution in [0.1, 0.15) is 43.9 Å². The summed E-state index contributed by atoms with van der Waals surface area (Å²) in [6.07, 6.45) is 7.65. The van der Waals surface area contributed by atoms with Gasteiger partial charge < -0.3 is 15.3 Å². The third-order valence-electron chi connectivity index (χ3n) is 4.64. The number of aromatic hydroxyl groups is 1. The second kappa shape index (κ2) is 7.71. The molecule has 0 radical (unpaired) electrons. The molecule has 1 aliphatic heterocycles. The number of nitrogens with one attached hydrogen (secondary N) is 1. The number of terminal acetylenes is 1. The average molecular weight is 351 g/mol. The summed E-state index contributed by atoms with van der Waals surface area (Å²) in [6, 6.07) is 5.44. The van der Waals surface area contributed by atoms with Crippen molar-refractivity contribution in [2.75, 3.05) is 25.5 Å². The Labute approximate surface area is 154 Å². The number of aromatic nitrogens is 3. The van der Waals surface area contributed by atoms with E-state index in [0.717, 1.165) is 31.6 Å². The van der Waals surface area contributed by atoms with Gasteiger partial charge in [-0.1, -0.05) is 19.8 Å². The quantitative estimate of drug-likeness (QED) is 0.825. The summed E-state index contributed by atoms with van der Waals surface area (Å²) >= 11 is 0. The van der Waals surface area contributed by atoms with Crippen molar-refractivity contribution in [1.82, 2.24) is 20.1 Å². The van der Waals surface area contributed by atoms with Crippen LogP contribution in [-0.4, -0.2) is 51.4 Å². The van der Waals surface area contributed by atoms with Gasteiger partial charge in [-0.2, -0.15) is 0 Å². The molecule has 1 unspecified atom stereocenters. The van der Waals surface area contributed by atoms with Crippen molar-refractivity contribution in [3.63, 3.8) is 0 Å². The average Bonchev–Trinajstić information content (AvgIpc) is 2.62. The van der Waals surface area contributed by atoms with Crippen molar-refractivity contribution < 1.29 is 5.11 Å². The molecule has 2 aromatic rings. The van der Waals surface area contributed by atoms with E-state index >= 15 is 0 Å². The highest BCUT2D eigenvalue weighted by Gasteiger charge is 2.21. The molecule has 1 aromatic heterocycles. The van der Waals surface area contributed by atoms with E-state index in [-0.39, 0.29) is 11.7 Å². The molecule has 1 aromatic carbocycles. The van der Waals surface area contributed by atoms with Gasteiger partial charge in [-0.25, -0.2) is 4.98 Å². The van der Waals surface area contributed by atoms with E-state index in [2.05, 4.69) is 47.2 Å². The molecule has 26 heavy (non-hydrogen) atoms. The monoisotopic (exact) mass is 351 g/mol. The Balaban J connectivity index is 1.91. The molecule has 6 heteroatoms. The van der Waals surface area contributed by atoms with Crippen LogP contribution in [0.4, 0.5) is 5.95 Å². The number of nitrogens with zero attached hydrogens (tertiary/aromatic N) is 4. The maximum absolute atomic E-state index is 10.3. The van der Waals surface area contributed by atoms with Crippen LogP contribution in [0.2, 0.25) is 0 Å². The largest absolute Gasteiger partial charge is 0.507 e. The fourth-order valence-electron chi connectivity index (χ4n) is 3.28. The second-order valence-electron chi connectivity index (χ2n) is 7.15. The van der Waals surface area contributed by atoms with Gasteiger partial charge in [0.25, 0.3) is 0 Å². The predicted molar refractivity (Wildman–Crippen MR) is 103 cm³/mol. The molecular weight excluding hydrogens is 326 g/mol. The van der Waals surface area contributed by atoms with Crippen molar-refractivity contribution in [2.45, 2.75) is 38.6 Å². The van der Waals surface area contributed by atoms with Crippen molar-refractivity contribution in [2.24, 2.45) is 0 Å². The third-order valence-corrected chi connectivity index (χ3v) is 4.64. The van der Waals surface area contributed by atoms with Crippen LogP contribution in [0, 0.1) is 12.3 Å². The predicted octanol–water partition coefficient (Wildman–Crippen LogP) is 2.86. The molecule has 1 saturated heterocycles. The summed E-state index contributed by atoms with van der Waals surface area (Å²) in [5.41, 5.74) is 2.61. The van der Waals surface area contributed by atoms with Gasteiger partial charge in [0.05, 0.1) is 5.69 Å². The number of hydrogen-bond acceptors (Lipinski definition) is 6. The molecule has 6 nitrogen and oxygen atoms in total. The van der Waals surface area contributed by atoms with E-state index < -0.39 is 0 Å². The molecule has 0 saturated carbocycles. The van der Waals surface area contributed by atoms with Crippen molar-refractivity contribution in [3.8, 4) is 29.4 Å². The third kappa shape index (κ3) is 3.94. The van der Waals surface area contributed by atoms with Crippen molar-refractivity contribution >= 4 is 5.95 Å². The number of hydrogen-bond donors (Lipinski definition) is 2. The summed E-state index contributed by atoms with van der Waals surface area (Å²) < 4.78 is 0. The Morgan fingerprint density at radius 1 is 1.35 bits per heavy atom. The molecule has 0 bridgehead atoms. The number of phenolic OH excluding ortho intramolecular Hbond substituents is 1. The Hall–Kier alpha value is -2.65. The first-order valence-electron chi connectivity index (χ1n) is 8.97. The number of rotatable bonds is 4. The van der Waals surface area contributed by atoms with Crippen molar-refractivity contribution in [3.05, 3.63) is 29.5 Å². The van der Waals surface area contributed by atoms with Gasteiger partial charge in [0.2, 0.25) is 5.95 Å². The zero-order chi connectivity index (χ0) is 18.7. The van der Waals surface area contributed by atoms with E-state index in [1.54, 1.807) is 18.2 Å². The van der Waals surface area contributed by atoms with E-state index in [9.17, 15) is 5.11 Å². The van der Waals surface area contributed by atoms with Crippen LogP contribution in [0.25, 0.3) is 11.3 Å². The molecule has 1 aliphatic rings. The first-order valence-corrected chi connectivity index (χ1v) is 8.97. The molecule has 0 spiro atoms. The van der Waals surface area contributed by atoms with Gasteiger partial charge in [-0.05, 0) is 50.6 Å². The molecule has 0 aliphatic carbocycles. The normalized spacial score (nSPS) is 17.9. The van der Waals surface area contributed by atoms with Crippen molar-refractivity contribution in [1.29, 1.82) is 0 Å². The van der Waals surface area contributed by atoms with E-state index in [1.165, 1.54) is 0 Å². The highest BCUT2D eigenvalue weighted by Crippen LogP contribution is 2.33. The number of anilines is 1. The second-order valence-corrected chi connectivity index (χ2v) is 7.15. The van der Waals surface area contributed by atoms with Gasteiger partial charge in [-0.3, -0.25) is 0 Å². The Bertz CT molecular complexity index is 827. The van der Waals surface area contributed by atoms with E-state index in [4.69, 9.17) is 11.4 Å². The standard InChI is InChI=1S/C20H25N5O/c1-5-14-8-9-16(17(26)11-14)19-18(13(2)3)22-20(24-23-19)21-15-7-6-10-25(4)12-15/h1,8-9,11,13,15,26H,6-7,10,12H2,2-4H3,(H,21,22,24). The minimum Gasteiger partial charge on any atom is -0.507 e. The van der Waals surface area contributed by atoms with E-state index in [0.29, 0.717) is 28.8 Å². The first-order chi connectivity index (χ1) is 12.5. The molecule has 1 atom stereocenters. The summed E-state index contributed by atoms with van der Waals surface area (Å²) in [6.45, 7) is 6.20. The first kappa shape index (κ1) is 18.2. The molecule has 3 rings (SSSR count). The van der Waals surface area contributed by atoms with Gasteiger partial charge >= 0.3 is 0 Å². The minimum atomic E-state index is 0.0908. The number of piperidine rings is 1. The molecule has 136 valence electrons. The van der Waals surface area contributed by atoms with Crippen LogP contribution < -0.4 is 5.32 Å². The summed E-state index contributed by atoms with van der Waals surface area (Å²) in [4.78, 5) is 7.00. The van der Waals surface area contributed by atoms with Gasteiger partial charge in [0.1, 0.15) is 11.4 Å². The maximum atomic E-state index is 10.3. The summed E-state index contributed by atoms with van der Waals surface area (Å²) in [7, 11) is 2.12. The maximum Gasteiger partial charge on any atom is 0.243 e. The minimum absolute atomic E-state index is 0.0908. The zero-order valence-corrected chi connectivity index (χ0v) is 15.5. The lowest BCUT2D eigenvalue weighted by molar-refractivity contribution is 0.260. The van der Waals surface area contributed by atoms with Crippen LogP contribution in [0.5, 0.6) is 5.75 Å². The zero-order valence-electron chi connectivity index (χ0n) is 15.5. The smallest absolute Gasteiger partial charge is 0.243 e. The van der Waals surface area contributed by atoms with Gasteiger partial charge in [-0.15, -0.1) is 16.6 Å². The fraction of sp³-hybridized carbons (Fsp3) is 0.450. The summed E-state index contributed by atoms with van der Waals surface area (Å²) in [5.74, 6) is 3.29. The number of likely N-dealkylation sites (tertiary alicyclic amines) is 1. The molecule has 2 heterocycles. The van der Waals surface area contributed by atoms with Crippen LogP contribution >= 0.6 is 0 Å². The lowest BCUT2D eigenvalue weighted by Gasteiger charge is -2.30. The summed E-state index contributed by atoms with van der Waals surface area (Å²) in [5, 5.41) is 22.4. The van der Waals surface area contributed by atoms with E-state index in [1.807, 2.05) is 0 Å². The molecular formula is C20H25N5O.